The molecule has 0 spiro atoms. The van der Waals surface area contributed by atoms with Gasteiger partial charge in [0.2, 0.25) is 0 Å². The van der Waals surface area contributed by atoms with E-state index in [1.807, 2.05) is 27.7 Å². The molecule has 0 aliphatic heterocycles. The number of nitrogens with one attached hydrogen (secondary N) is 1. The monoisotopic (exact) mass is 194 g/mol. The highest BCUT2D eigenvalue weighted by atomic mass is 16.5. The normalized spacial score (nSPS) is 10.1. The average molecular weight is 194 g/mol. The molecule has 0 amide bonds. The van der Waals surface area contributed by atoms with Crippen molar-refractivity contribution in [1.82, 2.24) is 0 Å². The van der Waals surface area contributed by atoms with Crippen molar-refractivity contribution in [3.8, 4) is 0 Å². The first-order chi connectivity index (χ1) is 6.54. The number of hydrogen-bond acceptors (Lipinski definition) is 4. The fourth-order valence-corrected chi connectivity index (χ4v) is 1.60. The zero-order valence-electron chi connectivity index (χ0n) is 8.80. The number of benzene rings is 1. The quantitative estimate of drug-likeness (QED) is 0.561. The topological polar surface area (TPSA) is 61.7 Å². The summed E-state index contributed by atoms with van der Waals surface area (Å²) < 4.78 is 0. The maximum atomic E-state index is 10.6. The number of anilines is 1. The fraction of sp³-hybridized carbons (Fsp3) is 0.400. The Balaban J connectivity index is 3.63. The molecular formula is C10H14N2O2. The Morgan fingerprint density at radius 1 is 1.00 bits per heavy atom. The van der Waals surface area contributed by atoms with E-state index < -0.39 is 0 Å². The zero-order chi connectivity index (χ0) is 10.9. The van der Waals surface area contributed by atoms with Crippen LogP contribution in [0.25, 0.3) is 0 Å². The summed E-state index contributed by atoms with van der Waals surface area (Å²) in [5.74, 6) is 0. The van der Waals surface area contributed by atoms with Crippen molar-refractivity contribution in [3.05, 3.63) is 27.2 Å². The van der Waals surface area contributed by atoms with Crippen LogP contribution in [-0.4, -0.2) is 5.21 Å². The van der Waals surface area contributed by atoms with Crippen LogP contribution in [0.1, 0.15) is 22.3 Å². The molecule has 76 valence electrons. The van der Waals surface area contributed by atoms with Crippen LogP contribution in [-0.2, 0) is 0 Å². The summed E-state index contributed by atoms with van der Waals surface area (Å²) in [6.07, 6.45) is 0. The molecule has 0 unspecified atom stereocenters. The van der Waals surface area contributed by atoms with E-state index in [0.717, 1.165) is 22.3 Å². The first-order valence-corrected chi connectivity index (χ1v) is 4.38. The average Bonchev–Trinajstić information content (AvgIpc) is 2.17. The Labute approximate surface area is 82.9 Å². The molecule has 2 N–H and O–H groups in total. The van der Waals surface area contributed by atoms with E-state index in [-0.39, 0.29) is 0 Å². The Hall–Kier alpha value is -1.42. The summed E-state index contributed by atoms with van der Waals surface area (Å²) in [6, 6.07) is 0. The van der Waals surface area contributed by atoms with E-state index in [9.17, 15) is 4.91 Å². The molecule has 0 aromatic heterocycles. The number of nitrogens with zero attached hydrogens (tertiary/aromatic N) is 1. The molecule has 0 bridgehead atoms. The third kappa shape index (κ3) is 1.37. The van der Waals surface area contributed by atoms with Crippen molar-refractivity contribution in [3.63, 3.8) is 0 Å². The van der Waals surface area contributed by atoms with Crippen LogP contribution in [0.5, 0.6) is 0 Å². The van der Waals surface area contributed by atoms with E-state index >= 15 is 0 Å². The van der Waals surface area contributed by atoms with Crippen molar-refractivity contribution in [2.24, 2.45) is 5.18 Å². The van der Waals surface area contributed by atoms with Crippen LogP contribution < -0.4 is 5.48 Å². The molecule has 0 atom stereocenters. The first-order valence-electron chi connectivity index (χ1n) is 4.38. The zero-order valence-corrected chi connectivity index (χ0v) is 8.80. The Kier molecular flexibility index (Phi) is 2.86. The molecule has 1 aromatic carbocycles. The highest BCUT2D eigenvalue weighted by molar-refractivity contribution is 5.70. The largest absolute Gasteiger partial charge is 0.291 e. The minimum Gasteiger partial charge on any atom is -0.291 e. The maximum absolute atomic E-state index is 10.6. The van der Waals surface area contributed by atoms with Gasteiger partial charge in [0.25, 0.3) is 0 Å². The lowest BCUT2D eigenvalue weighted by Crippen LogP contribution is -2.00. The second kappa shape index (κ2) is 3.75. The van der Waals surface area contributed by atoms with Gasteiger partial charge in [-0.15, -0.1) is 4.91 Å². The Bertz CT molecular complexity index is 357. The summed E-state index contributed by atoms with van der Waals surface area (Å²) in [4.78, 5) is 10.6. The van der Waals surface area contributed by atoms with E-state index in [0.29, 0.717) is 11.4 Å². The van der Waals surface area contributed by atoms with Crippen LogP contribution in [0.4, 0.5) is 11.4 Å². The number of rotatable bonds is 2. The van der Waals surface area contributed by atoms with Crippen LogP contribution in [0, 0.1) is 32.6 Å². The third-order valence-corrected chi connectivity index (χ3v) is 2.79. The van der Waals surface area contributed by atoms with Crippen molar-refractivity contribution in [2.45, 2.75) is 27.7 Å². The van der Waals surface area contributed by atoms with Crippen molar-refractivity contribution >= 4 is 11.4 Å². The molecule has 0 saturated heterocycles. The van der Waals surface area contributed by atoms with Crippen LogP contribution in [0.15, 0.2) is 5.18 Å². The minimum absolute atomic E-state index is 0.471. The smallest absolute Gasteiger partial charge is 0.114 e. The lowest BCUT2D eigenvalue weighted by Gasteiger charge is -2.15. The van der Waals surface area contributed by atoms with E-state index in [4.69, 9.17) is 5.21 Å². The maximum Gasteiger partial charge on any atom is 0.114 e. The van der Waals surface area contributed by atoms with E-state index in [1.165, 1.54) is 0 Å². The van der Waals surface area contributed by atoms with Gasteiger partial charge in [0, 0.05) is 0 Å². The molecule has 0 aliphatic rings. The predicted octanol–water partition coefficient (Wildman–Crippen LogP) is 3.12. The van der Waals surface area contributed by atoms with Gasteiger partial charge >= 0.3 is 0 Å². The van der Waals surface area contributed by atoms with Gasteiger partial charge < -0.3 is 0 Å². The van der Waals surface area contributed by atoms with Gasteiger partial charge in [-0.1, -0.05) is 0 Å². The SMILES string of the molecule is Cc1c(C)c(NO)c(C)c(C)c1N=O. The second-order valence-electron chi connectivity index (χ2n) is 3.43. The molecule has 0 radical (unpaired) electrons. The summed E-state index contributed by atoms with van der Waals surface area (Å²) in [7, 11) is 0. The molecule has 4 nitrogen and oxygen atoms in total. The van der Waals surface area contributed by atoms with Crippen LogP contribution in [0.3, 0.4) is 0 Å². The third-order valence-electron chi connectivity index (χ3n) is 2.79. The van der Waals surface area contributed by atoms with Crippen LogP contribution >= 0.6 is 0 Å². The summed E-state index contributed by atoms with van der Waals surface area (Å²) in [6.45, 7) is 7.32. The van der Waals surface area contributed by atoms with Gasteiger partial charge in [-0.25, -0.2) is 0 Å². The van der Waals surface area contributed by atoms with Gasteiger partial charge in [-0.2, -0.15) is 0 Å². The molecule has 14 heavy (non-hydrogen) atoms. The highest BCUT2D eigenvalue weighted by Gasteiger charge is 2.14. The summed E-state index contributed by atoms with van der Waals surface area (Å²) in [5.41, 5.74) is 6.60. The molecule has 4 heteroatoms. The number of nitroso groups, excluding NO2 is 1. The van der Waals surface area contributed by atoms with Crippen LogP contribution in [0.2, 0.25) is 0 Å². The lowest BCUT2D eigenvalue weighted by molar-refractivity contribution is 0.388. The fourth-order valence-electron chi connectivity index (χ4n) is 1.60. The standard InChI is InChI=1S/C10H14N2O2/c1-5-6(2)10(12-14)8(4)7(3)9(5)11-13/h11,13H,1-4H3. The van der Waals surface area contributed by atoms with Gasteiger partial charge in [-0.05, 0) is 55.1 Å². The predicted molar refractivity (Wildman–Crippen MR) is 56.3 cm³/mol. The highest BCUT2D eigenvalue weighted by Crippen LogP contribution is 2.35. The molecule has 0 saturated carbocycles. The Morgan fingerprint density at radius 3 is 1.71 bits per heavy atom. The number of hydrogen-bond donors (Lipinski definition) is 2. The van der Waals surface area contributed by atoms with Crippen molar-refractivity contribution < 1.29 is 5.21 Å². The second-order valence-corrected chi connectivity index (χ2v) is 3.43. The first kappa shape index (κ1) is 10.7. The molecule has 0 aliphatic carbocycles. The summed E-state index contributed by atoms with van der Waals surface area (Å²) >= 11 is 0. The summed E-state index contributed by atoms with van der Waals surface area (Å²) in [5, 5.41) is 12.0. The molecular weight excluding hydrogens is 180 g/mol. The van der Waals surface area contributed by atoms with Gasteiger partial charge in [0.1, 0.15) is 5.69 Å². The Morgan fingerprint density at radius 2 is 1.43 bits per heavy atom. The van der Waals surface area contributed by atoms with Gasteiger partial charge in [0.05, 0.1) is 5.69 Å². The van der Waals surface area contributed by atoms with Gasteiger partial charge in [-0.3, -0.25) is 10.7 Å². The minimum atomic E-state index is 0.471. The van der Waals surface area contributed by atoms with Gasteiger partial charge in [0.15, 0.2) is 0 Å². The van der Waals surface area contributed by atoms with Crippen molar-refractivity contribution in [1.29, 1.82) is 0 Å². The lowest BCUT2D eigenvalue weighted by atomic mass is 9.96. The molecule has 1 aromatic rings. The van der Waals surface area contributed by atoms with E-state index in [1.54, 1.807) is 0 Å². The molecule has 0 fully saturated rings. The van der Waals surface area contributed by atoms with Crippen molar-refractivity contribution in [2.75, 3.05) is 5.48 Å². The molecule has 1 rings (SSSR count). The molecule has 0 heterocycles. The van der Waals surface area contributed by atoms with E-state index in [2.05, 4.69) is 10.7 Å².